The van der Waals surface area contributed by atoms with E-state index in [0.717, 1.165) is 34.5 Å². The van der Waals surface area contributed by atoms with Gasteiger partial charge in [0.25, 0.3) is 0 Å². The monoisotopic (exact) mass is 715 g/mol. The van der Waals surface area contributed by atoms with Crippen molar-refractivity contribution in [1.29, 1.82) is 0 Å². The van der Waals surface area contributed by atoms with E-state index in [4.69, 9.17) is 27.9 Å². The molecule has 45 heavy (non-hydrogen) atoms. The number of hydrogen-bond acceptors (Lipinski definition) is 9. The zero-order valence-electron chi connectivity index (χ0n) is 25.3. The zero-order chi connectivity index (χ0) is 34.3. The molecule has 9 nitrogen and oxygen atoms in total. The molecule has 0 radical (unpaired) electrons. The summed E-state index contributed by atoms with van der Waals surface area (Å²) in [7, 11) is -2.27. The number of hydrogen-bond donors (Lipinski definition) is 0. The van der Waals surface area contributed by atoms with Crippen molar-refractivity contribution in [3.05, 3.63) is 44.1 Å². The molecule has 0 N–H and O–H groups in total. The summed E-state index contributed by atoms with van der Waals surface area (Å²) in [4.78, 5) is 51.1. The third-order valence-corrected chi connectivity index (χ3v) is 9.58. The number of nitrogens with zero attached hydrogens (tertiary/aromatic N) is 1. The maximum absolute atomic E-state index is 12.7. The van der Waals surface area contributed by atoms with Crippen LogP contribution in [0.25, 0.3) is 0 Å². The first-order chi connectivity index (χ1) is 20.8. The van der Waals surface area contributed by atoms with Crippen molar-refractivity contribution in [2.45, 2.75) is 63.8 Å². The summed E-state index contributed by atoms with van der Waals surface area (Å²) in [6.45, 7) is 4.01. The van der Waals surface area contributed by atoms with E-state index in [1.165, 1.54) is 0 Å². The standard InChI is InChI=1S/C17H16ClF3O6S.C12H18ClNO2S/c1-28(25,26)13-6-5-9(15(18)10(13)7-27-8-17(19,20)21)16(24)14-11(22)3-2-4-12(14)23;1-8-7-17-10(3)12(8)14(11(15)5-13)9(2)6-16-4/h5-6,14H,2-4,7-8H2,1H3;7,9H,5-6H2,1-4H3/t;9-/m.0/s1. The van der Waals surface area contributed by atoms with Crippen LogP contribution in [0, 0.1) is 19.8 Å². The van der Waals surface area contributed by atoms with Gasteiger partial charge in [-0.2, -0.15) is 13.2 Å². The molecule has 1 aliphatic carbocycles. The highest BCUT2D eigenvalue weighted by atomic mass is 35.5. The van der Waals surface area contributed by atoms with Crippen molar-refractivity contribution >= 4 is 73.3 Å². The Bertz CT molecular complexity index is 1490. The number of anilines is 1. The van der Waals surface area contributed by atoms with Crippen LogP contribution in [0.4, 0.5) is 18.9 Å². The number of thiophene rings is 1. The summed E-state index contributed by atoms with van der Waals surface area (Å²) in [6.07, 6.45) is -3.40. The molecule has 16 heteroatoms. The Morgan fingerprint density at radius 1 is 1.16 bits per heavy atom. The quantitative estimate of drug-likeness (QED) is 0.160. The average Bonchev–Trinajstić information content (AvgIpc) is 3.25. The topological polar surface area (TPSA) is 124 Å². The smallest absolute Gasteiger partial charge is 0.383 e. The lowest BCUT2D eigenvalue weighted by atomic mass is 9.81. The van der Waals surface area contributed by atoms with Gasteiger partial charge in [0.1, 0.15) is 18.4 Å². The molecule has 0 unspecified atom stereocenters. The van der Waals surface area contributed by atoms with E-state index < -0.39 is 62.4 Å². The molecular formula is C29H34Cl2F3NO8S2. The molecule has 0 aliphatic heterocycles. The molecule has 2 aromatic rings. The van der Waals surface area contributed by atoms with Gasteiger partial charge in [-0.15, -0.1) is 22.9 Å². The first kappa shape index (κ1) is 38.8. The molecular weight excluding hydrogens is 682 g/mol. The van der Waals surface area contributed by atoms with Crippen LogP contribution in [0.15, 0.2) is 22.4 Å². The van der Waals surface area contributed by atoms with E-state index in [1.54, 1.807) is 23.3 Å². The average molecular weight is 717 g/mol. The molecule has 1 atom stereocenters. The third kappa shape index (κ3) is 10.3. The number of benzene rings is 1. The lowest BCUT2D eigenvalue weighted by Gasteiger charge is -2.29. The Balaban J connectivity index is 0.000000355. The Labute approximate surface area is 273 Å². The van der Waals surface area contributed by atoms with Crippen molar-refractivity contribution < 1.29 is 50.2 Å². The number of ketones is 3. The molecule has 1 aromatic heterocycles. The van der Waals surface area contributed by atoms with Crippen molar-refractivity contribution in [3.63, 3.8) is 0 Å². The number of carbonyl (C=O) groups is 4. The number of alkyl halides is 4. The van der Waals surface area contributed by atoms with Crippen LogP contribution in [-0.4, -0.2) is 76.4 Å². The summed E-state index contributed by atoms with van der Waals surface area (Å²) < 4.78 is 70.4. The number of amides is 1. The van der Waals surface area contributed by atoms with Crippen LogP contribution in [0.3, 0.4) is 0 Å². The van der Waals surface area contributed by atoms with E-state index in [9.17, 15) is 40.8 Å². The van der Waals surface area contributed by atoms with Crippen molar-refractivity contribution in [1.82, 2.24) is 0 Å². The van der Waals surface area contributed by atoms with Gasteiger partial charge in [0.05, 0.1) is 34.9 Å². The first-order valence-corrected chi connectivity index (χ1v) is 17.2. The molecule has 1 aliphatic rings. The minimum atomic E-state index is -4.65. The Kier molecular flexibility index (Phi) is 14.2. The summed E-state index contributed by atoms with van der Waals surface area (Å²) in [6, 6.07) is 2.03. The highest BCUT2D eigenvalue weighted by Crippen LogP contribution is 2.33. The fourth-order valence-electron chi connectivity index (χ4n) is 4.79. The molecule has 3 rings (SSSR count). The second-order valence-electron chi connectivity index (χ2n) is 10.4. The summed E-state index contributed by atoms with van der Waals surface area (Å²) in [5, 5.41) is 1.60. The van der Waals surface area contributed by atoms with E-state index >= 15 is 0 Å². The minimum absolute atomic E-state index is 0.0111. The van der Waals surface area contributed by atoms with Gasteiger partial charge >= 0.3 is 6.18 Å². The van der Waals surface area contributed by atoms with Gasteiger partial charge in [-0.1, -0.05) is 11.6 Å². The fraction of sp³-hybridized carbons (Fsp3) is 0.517. The molecule has 1 fully saturated rings. The number of carbonyl (C=O) groups excluding carboxylic acids is 4. The number of halogens is 5. The largest absolute Gasteiger partial charge is 0.411 e. The van der Waals surface area contributed by atoms with Crippen LogP contribution in [-0.2, 0) is 40.3 Å². The van der Waals surface area contributed by atoms with E-state index in [-0.39, 0.29) is 41.8 Å². The molecule has 1 aromatic carbocycles. The van der Waals surface area contributed by atoms with Crippen LogP contribution < -0.4 is 4.90 Å². The number of ether oxygens (including phenoxy) is 2. The number of aryl methyl sites for hydroxylation is 2. The highest BCUT2D eigenvalue weighted by Gasteiger charge is 2.38. The maximum atomic E-state index is 12.7. The second kappa shape index (κ2) is 16.5. The predicted octanol–water partition coefficient (Wildman–Crippen LogP) is 5.92. The third-order valence-electron chi connectivity index (χ3n) is 6.72. The first-order valence-electron chi connectivity index (χ1n) is 13.5. The number of methoxy groups -OCH3 is 1. The minimum Gasteiger partial charge on any atom is -0.383 e. The van der Waals surface area contributed by atoms with Gasteiger partial charge in [0.2, 0.25) is 5.91 Å². The SMILES string of the molecule is COC[C@H](C)N(C(=O)CCl)c1c(C)csc1C.CS(=O)(=O)c1ccc(C(=O)C2C(=O)CCCC2=O)c(Cl)c1COCC(F)(F)F. The zero-order valence-corrected chi connectivity index (χ0v) is 28.4. The summed E-state index contributed by atoms with van der Waals surface area (Å²) in [5.41, 5.74) is 1.43. The lowest BCUT2D eigenvalue weighted by Crippen LogP contribution is -2.42. The molecule has 0 spiro atoms. The van der Waals surface area contributed by atoms with Crippen molar-refractivity contribution in [2.24, 2.45) is 5.92 Å². The normalized spacial score (nSPS) is 15.0. The Morgan fingerprint density at radius 2 is 1.76 bits per heavy atom. The van der Waals surface area contributed by atoms with E-state index in [0.29, 0.717) is 13.0 Å². The Morgan fingerprint density at radius 3 is 2.22 bits per heavy atom. The number of rotatable bonds is 11. The predicted molar refractivity (Wildman–Crippen MR) is 165 cm³/mol. The van der Waals surface area contributed by atoms with Gasteiger partial charge in [-0.05, 0) is 50.3 Å². The molecule has 0 saturated heterocycles. The Hall–Kier alpha value is -2.36. The summed E-state index contributed by atoms with van der Waals surface area (Å²) in [5.74, 6) is -3.68. The number of Topliss-reactive ketones (excluding diaryl/α,β-unsaturated/α-hetero) is 3. The van der Waals surface area contributed by atoms with Gasteiger partial charge in [0.15, 0.2) is 27.2 Å². The van der Waals surface area contributed by atoms with Crippen molar-refractivity contribution in [3.8, 4) is 0 Å². The maximum Gasteiger partial charge on any atom is 0.411 e. The van der Waals surface area contributed by atoms with Gasteiger partial charge in [-0.3, -0.25) is 19.2 Å². The molecule has 1 saturated carbocycles. The van der Waals surface area contributed by atoms with Crippen LogP contribution in [0.5, 0.6) is 0 Å². The van der Waals surface area contributed by atoms with Crippen LogP contribution in [0.1, 0.15) is 52.5 Å². The fourth-order valence-corrected chi connectivity index (χ4v) is 7.05. The second-order valence-corrected chi connectivity index (χ2v) is 14.1. The lowest BCUT2D eigenvalue weighted by molar-refractivity contribution is -0.176. The van der Waals surface area contributed by atoms with E-state index in [2.05, 4.69) is 10.1 Å². The molecule has 250 valence electrons. The van der Waals surface area contributed by atoms with Crippen molar-refractivity contribution in [2.75, 3.05) is 37.4 Å². The number of sulfone groups is 1. The van der Waals surface area contributed by atoms with Gasteiger partial charge < -0.3 is 14.4 Å². The van der Waals surface area contributed by atoms with Gasteiger partial charge in [0, 0.05) is 42.2 Å². The summed E-state index contributed by atoms with van der Waals surface area (Å²) >= 11 is 13.4. The van der Waals surface area contributed by atoms with Crippen LogP contribution in [0.2, 0.25) is 5.02 Å². The molecule has 1 amide bonds. The van der Waals surface area contributed by atoms with Gasteiger partial charge in [-0.25, -0.2) is 8.42 Å². The molecule has 0 bridgehead atoms. The highest BCUT2D eigenvalue weighted by molar-refractivity contribution is 7.90. The van der Waals surface area contributed by atoms with Crippen LogP contribution >= 0.6 is 34.5 Å². The van der Waals surface area contributed by atoms with E-state index in [1.807, 2.05) is 20.8 Å². The molecule has 1 heterocycles.